The van der Waals surface area contributed by atoms with Gasteiger partial charge in [-0.05, 0) is 42.9 Å². The van der Waals surface area contributed by atoms with Crippen molar-refractivity contribution in [3.63, 3.8) is 0 Å². The molecule has 2 unspecified atom stereocenters. The van der Waals surface area contributed by atoms with Gasteiger partial charge in [-0.2, -0.15) is 0 Å². The van der Waals surface area contributed by atoms with E-state index in [4.69, 9.17) is 5.73 Å². The van der Waals surface area contributed by atoms with Gasteiger partial charge in [0.05, 0.1) is 12.1 Å². The minimum Gasteiger partial charge on any atom is -0.326 e. The average Bonchev–Trinajstić information content (AvgIpc) is 3.22. The number of fused-ring (bicyclic) bond motifs is 1. The number of hydrogen-bond donors (Lipinski definition) is 2. The molecule has 2 saturated carbocycles. The van der Waals surface area contributed by atoms with E-state index in [0.717, 1.165) is 0 Å². The second-order valence-corrected chi connectivity index (χ2v) is 5.83. The molecular weight excluding hydrogens is 267 g/mol. The zero-order chi connectivity index (χ0) is 14.8. The van der Waals surface area contributed by atoms with E-state index in [1.54, 1.807) is 12.1 Å². The summed E-state index contributed by atoms with van der Waals surface area (Å²) in [4.78, 5) is 12.3. The van der Waals surface area contributed by atoms with Crippen molar-refractivity contribution in [2.75, 3.05) is 11.9 Å². The van der Waals surface area contributed by atoms with Crippen molar-refractivity contribution >= 4 is 11.6 Å². The highest BCUT2D eigenvalue weighted by atomic mass is 19.1. The summed E-state index contributed by atoms with van der Waals surface area (Å²) >= 11 is 0. The van der Waals surface area contributed by atoms with E-state index in [1.807, 2.05) is 0 Å². The van der Waals surface area contributed by atoms with Crippen molar-refractivity contribution in [1.29, 1.82) is 0 Å². The van der Waals surface area contributed by atoms with Crippen LogP contribution < -0.4 is 11.1 Å². The highest BCUT2D eigenvalue weighted by Crippen LogP contribution is 2.55. The Bertz CT molecular complexity index is 605. The lowest BCUT2D eigenvalue weighted by atomic mass is 10.0. The molecule has 0 radical (unpaired) electrons. The Hall–Kier alpha value is -1.86. The molecule has 3 N–H and O–H groups in total. The first-order valence-electron chi connectivity index (χ1n) is 7.50. The summed E-state index contributed by atoms with van der Waals surface area (Å²) in [6, 6.07) is 4.48. The Kier molecular flexibility index (Phi) is 3.94. The lowest BCUT2D eigenvalue weighted by Gasteiger charge is -2.06. The van der Waals surface area contributed by atoms with Gasteiger partial charge in [0, 0.05) is 11.6 Å². The van der Waals surface area contributed by atoms with Gasteiger partial charge in [-0.1, -0.05) is 24.7 Å². The average molecular weight is 286 g/mol. The lowest BCUT2D eigenvalue weighted by molar-refractivity contribution is -0.117. The summed E-state index contributed by atoms with van der Waals surface area (Å²) in [6.07, 6.45) is 4.80. The first-order valence-corrected chi connectivity index (χ1v) is 7.50. The third-order valence-electron chi connectivity index (χ3n) is 4.52. The molecule has 0 saturated heterocycles. The van der Waals surface area contributed by atoms with Crippen molar-refractivity contribution in [1.82, 2.24) is 0 Å². The zero-order valence-electron chi connectivity index (χ0n) is 11.9. The molecule has 0 heterocycles. The molecule has 3 rings (SSSR count). The Morgan fingerprint density at radius 1 is 1.33 bits per heavy atom. The number of amides is 1. The smallest absolute Gasteiger partial charge is 0.228 e. The van der Waals surface area contributed by atoms with E-state index in [1.165, 1.54) is 31.7 Å². The number of rotatable bonds is 2. The van der Waals surface area contributed by atoms with Crippen LogP contribution in [0.1, 0.15) is 31.2 Å². The summed E-state index contributed by atoms with van der Waals surface area (Å²) < 4.78 is 13.6. The highest BCUT2D eigenvalue weighted by Gasteiger charge is 2.54. The number of nitrogens with one attached hydrogen (secondary N) is 1. The molecule has 1 amide bonds. The number of carbonyl (C=O) groups excluding carboxylic acids is 1. The number of anilines is 1. The minimum atomic E-state index is -0.394. The fourth-order valence-electron chi connectivity index (χ4n) is 3.45. The van der Waals surface area contributed by atoms with Gasteiger partial charge in [0.15, 0.2) is 0 Å². The maximum atomic E-state index is 13.6. The van der Waals surface area contributed by atoms with Crippen LogP contribution in [-0.4, -0.2) is 12.5 Å². The maximum Gasteiger partial charge on any atom is 0.228 e. The van der Waals surface area contributed by atoms with Gasteiger partial charge < -0.3 is 11.1 Å². The molecular formula is C17H19FN2O. The molecule has 0 aliphatic heterocycles. The number of nitrogens with two attached hydrogens (primary N) is 1. The molecule has 4 heteroatoms. The van der Waals surface area contributed by atoms with Gasteiger partial charge in [-0.25, -0.2) is 4.39 Å². The van der Waals surface area contributed by atoms with E-state index in [-0.39, 0.29) is 23.9 Å². The molecule has 110 valence electrons. The van der Waals surface area contributed by atoms with E-state index in [0.29, 0.717) is 17.5 Å². The summed E-state index contributed by atoms with van der Waals surface area (Å²) in [5, 5.41) is 2.90. The predicted molar refractivity (Wildman–Crippen MR) is 79.9 cm³/mol. The van der Waals surface area contributed by atoms with E-state index < -0.39 is 5.82 Å². The Morgan fingerprint density at radius 3 is 2.71 bits per heavy atom. The summed E-state index contributed by atoms with van der Waals surface area (Å²) in [6.45, 7) is 0.182. The van der Waals surface area contributed by atoms with Crippen molar-refractivity contribution in [2.45, 2.75) is 25.7 Å². The third-order valence-corrected chi connectivity index (χ3v) is 4.52. The lowest BCUT2D eigenvalue weighted by Crippen LogP contribution is -2.15. The fraction of sp³-hybridized carbons (Fsp3) is 0.471. The second kappa shape index (κ2) is 5.87. The molecule has 0 aromatic heterocycles. The van der Waals surface area contributed by atoms with Crippen LogP contribution in [0.15, 0.2) is 18.2 Å². The van der Waals surface area contributed by atoms with Crippen molar-refractivity contribution in [3.8, 4) is 11.8 Å². The van der Waals surface area contributed by atoms with Crippen molar-refractivity contribution < 1.29 is 9.18 Å². The standard InChI is InChI=1S/C17H19FN2O/c18-15-8-7-12(10-11(15)4-3-9-19)20-17(21)16-13-5-1-2-6-14(13)16/h7-8,10,13-14,16H,1-2,5-6,9,19H2,(H,20,21). The van der Waals surface area contributed by atoms with Gasteiger partial charge in [0.1, 0.15) is 5.82 Å². The quantitative estimate of drug-likeness (QED) is 0.821. The Balaban J connectivity index is 1.69. The molecule has 0 spiro atoms. The van der Waals surface area contributed by atoms with E-state index in [2.05, 4.69) is 17.2 Å². The second-order valence-electron chi connectivity index (χ2n) is 5.83. The third kappa shape index (κ3) is 2.93. The van der Waals surface area contributed by atoms with Gasteiger partial charge in [-0.15, -0.1) is 0 Å². The topological polar surface area (TPSA) is 55.1 Å². The zero-order valence-corrected chi connectivity index (χ0v) is 11.9. The Labute approximate surface area is 124 Å². The van der Waals surface area contributed by atoms with Crippen LogP contribution in [0.5, 0.6) is 0 Å². The molecule has 2 atom stereocenters. The molecule has 0 bridgehead atoms. The maximum absolute atomic E-state index is 13.6. The molecule has 3 nitrogen and oxygen atoms in total. The van der Waals surface area contributed by atoms with Gasteiger partial charge in [0.25, 0.3) is 0 Å². The van der Waals surface area contributed by atoms with Crippen molar-refractivity contribution in [2.24, 2.45) is 23.5 Å². The van der Waals surface area contributed by atoms with Gasteiger partial charge in [0.2, 0.25) is 5.91 Å². The Morgan fingerprint density at radius 2 is 2.05 bits per heavy atom. The van der Waals surface area contributed by atoms with Crippen molar-refractivity contribution in [3.05, 3.63) is 29.6 Å². The highest BCUT2D eigenvalue weighted by molar-refractivity contribution is 5.95. The van der Waals surface area contributed by atoms with E-state index >= 15 is 0 Å². The number of hydrogen-bond acceptors (Lipinski definition) is 2. The van der Waals surface area contributed by atoms with Crippen LogP contribution in [0.25, 0.3) is 0 Å². The summed E-state index contributed by atoms with van der Waals surface area (Å²) in [7, 11) is 0. The molecule has 2 aliphatic rings. The first-order chi connectivity index (χ1) is 10.2. The molecule has 1 aromatic rings. The van der Waals surface area contributed by atoms with Gasteiger partial charge in [-0.3, -0.25) is 4.79 Å². The molecule has 1 aromatic carbocycles. The molecule has 2 aliphatic carbocycles. The van der Waals surface area contributed by atoms with Gasteiger partial charge >= 0.3 is 0 Å². The fourth-order valence-corrected chi connectivity index (χ4v) is 3.45. The monoisotopic (exact) mass is 286 g/mol. The van der Waals surface area contributed by atoms with Crippen LogP contribution in [0.3, 0.4) is 0 Å². The van der Waals surface area contributed by atoms with Crippen LogP contribution >= 0.6 is 0 Å². The largest absolute Gasteiger partial charge is 0.326 e. The SMILES string of the molecule is NCC#Cc1cc(NC(=O)C2C3CCCCC32)ccc1F. The predicted octanol–water partition coefficient (Wildman–Crippen LogP) is 2.51. The normalized spacial score (nSPS) is 26.3. The first kappa shape index (κ1) is 14.1. The molecule has 2 fully saturated rings. The number of carbonyl (C=O) groups is 1. The summed E-state index contributed by atoms with van der Waals surface area (Å²) in [5.41, 5.74) is 6.17. The van der Waals surface area contributed by atoms with Crippen LogP contribution in [0, 0.1) is 35.4 Å². The number of halogens is 1. The van der Waals surface area contributed by atoms with E-state index in [9.17, 15) is 9.18 Å². The molecule has 21 heavy (non-hydrogen) atoms. The van der Waals surface area contributed by atoms with Crippen LogP contribution in [-0.2, 0) is 4.79 Å². The van der Waals surface area contributed by atoms with Crippen LogP contribution in [0.2, 0.25) is 0 Å². The number of benzene rings is 1. The summed E-state index contributed by atoms with van der Waals surface area (Å²) in [5.74, 6) is 6.26. The minimum absolute atomic E-state index is 0.0660. The van der Waals surface area contributed by atoms with Crippen LogP contribution in [0.4, 0.5) is 10.1 Å².